The second-order valence-corrected chi connectivity index (χ2v) is 10.4. The number of rotatable bonds is 6. The SMILES string of the molecule is CC(C)CC(=O)Nc1cncc(-c2cnc3n[nH]c(-c4cc5c(-c6ccc(F)s6)cccc5[nH]4)c3c2)c1. The van der Waals surface area contributed by atoms with Gasteiger partial charge in [-0.2, -0.15) is 9.49 Å². The molecule has 0 atom stereocenters. The van der Waals surface area contributed by atoms with Crippen LogP contribution in [0.15, 0.2) is 67.1 Å². The van der Waals surface area contributed by atoms with Crippen LogP contribution in [0.1, 0.15) is 20.3 Å². The molecule has 0 aliphatic rings. The number of fused-ring (bicyclic) bond motifs is 2. The molecule has 0 saturated carbocycles. The van der Waals surface area contributed by atoms with Crippen LogP contribution < -0.4 is 5.32 Å². The number of aromatic amines is 2. The van der Waals surface area contributed by atoms with Crippen molar-refractivity contribution in [3.05, 3.63) is 72.3 Å². The lowest BCUT2D eigenvalue weighted by molar-refractivity contribution is -0.116. The normalized spacial score (nSPS) is 11.6. The smallest absolute Gasteiger partial charge is 0.224 e. The fourth-order valence-corrected chi connectivity index (χ4v) is 5.25. The quantitative estimate of drug-likeness (QED) is 0.224. The lowest BCUT2D eigenvalue weighted by atomic mass is 10.1. The predicted molar refractivity (Wildman–Crippen MR) is 146 cm³/mol. The highest BCUT2D eigenvalue weighted by molar-refractivity contribution is 7.14. The number of thiophene rings is 1. The van der Waals surface area contributed by atoms with Gasteiger partial charge < -0.3 is 10.3 Å². The van der Waals surface area contributed by atoms with E-state index in [1.807, 2.05) is 50.2 Å². The van der Waals surface area contributed by atoms with Gasteiger partial charge in [-0.3, -0.25) is 14.9 Å². The Morgan fingerprint density at radius 1 is 1.05 bits per heavy atom. The van der Waals surface area contributed by atoms with Gasteiger partial charge in [0.25, 0.3) is 0 Å². The molecular weight excluding hydrogens is 487 g/mol. The largest absolute Gasteiger partial charge is 0.353 e. The fraction of sp³-hybridized carbons (Fsp3) is 0.143. The number of H-pyrrole nitrogens is 2. The summed E-state index contributed by atoms with van der Waals surface area (Å²) in [5.74, 6) is 0.234. The van der Waals surface area contributed by atoms with Crippen LogP contribution in [-0.4, -0.2) is 31.1 Å². The van der Waals surface area contributed by atoms with Crippen LogP contribution in [0.4, 0.5) is 10.1 Å². The van der Waals surface area contributed by atoms with E-state index in [9.17, 15) is 9.18 Å². The number of halogens is 1. The van der Waals surface area contributed by atoms with E-state index in [2.05, 4.69) is 30.5 Å². The zero-order valence-electron chi connectivity index (χ0n) is 20.2. The van der Waals surface area contributed by atoms with Gasteiger partial charge in [-0.15, -0.1) is 11.3 Å². The first-order valence-corrected chi connectivity index (χ1v) is 12.7. The second-order valence-electron chi connectivity index (χ2n) is 9.36. The van der Waals surface area contributed by atoms with Crippen LogP contribution in [0.3, 0.4) is 0 Å². The number of nitrogens with one attached hydrogen (secondary N) is 3. The molecule has 0 spiro atoms. The summed E-state index contributed by atoms with van der Waals surface area (Å²) in [5, 5.41) is 12.1. The number of nitrogens with zero attached hydrogens (tertiary/aromatic N) is 3. The third kappa shape index (κ3) is 4.49. The number of carbonyl (C=O) groups is 1. The number of aromatic nitrogens is 5. The van der Waals surface area contributed by atoms with E-state index in [4.69, 9.17) is 0 Å². The molecule has 1 aromatic carbocycles. The lowest BCUT2D eigenvalue weighted by Crippen LogP contribution is -2.13. The van der Waals surface area contributed by atoms with Crippen molar-refractivity contribution in [2.45, 2.75) is 20.3 Å². The minimum absolute atomic E-state index is 0.0388. The van der Waals surface area contributed by atoms with E-state index in [1.54, 1.807) is 24.7 Å². The molecule has 0 saturated heterocycles. The summed E-state index contributed by atoms with van der Waals surface area (Å²) in [6.07, 6.45) is 5.58. The molecule has 0 aliphatic carbocycles. The maximum absolute atomic E-state index is 13.7. The van der Waals surface area contributed by atoms with Gasteiger partial charge in [0.15, 0.2) is 10.8 Å². The lowest BCUT2D eigenvalue weighted by Gasteiger charge is -2.08. The number of amides is 1. The summed E-state index contributed by atoms with van der Waals surface area (Å²) >= 11 is 1.13. The molecule has 9 heteroatoms. The molecule has 5 heterocycles. The van der Waals surface area contributed by atoms with E-state index in [0.717, 1.165) is 60.6 Å². The molecule has 0 bridgehead atoms. The monoisotopic (exact) mass is 510 g/mol. The molecule has 0 aliphatic heterocycles. The summed E-state index contributed by atoms with van der Waals surface area (Å²) in [6, 6.07) is 15.2. The first-order chi connectivity index (χ1) is 17.9. The van der Waals surface area contributed by atoms with Crippen LogP contribution in [0.5, 0.6) is 0 Å². The van der Waals surface area contributed by atoms with Gasteiger partial charge in [0.2, 0.25) is 5.91 Å². The van der Waals surface area contributed by atoms with E-state index in [-0.39, 0.29) is 17.0 Å². The van der Waals surface area contributed by atoms with Gasteiger partial charge in [-0.1, -0.05) is 26.0 Å². The number of hydrogen-bond acceptors (Lipinski definition) is 5. The summed E-state index contributed by atoms with van der Waals surface area (Å²) in [4.78, 5) is 25.4. The number of carbonyl (C=O) groups excluding carboxylic acids is 1. The van der Waals surface area contributed by atoms with Crippen molar-refractivity contribution in [2.24, 2.45) is 5.92 Å². The highest BCUT2D eigenvalue weighted by Crippen LogP contribution is 2.37. The summed E-state index contributed by atoms with van der Waals surface area (Å²) in [6.45, 7) is 4.02. The van der Waals surface area contributed by atoms with Gasteiger partial charge in [-0.05, 0) is 42.3 Å². The average molecular weight is 511 g/mol. The third-order valence-corrected chi connectivity index (χ3v) is 7.04. The molecule has 3 N–H and O–H groups in total. The Balaban J connectivity index is 1.38. The molecule has 184 valence electrons. The Labute approximate surface area is 215 Å². The van der Waals surface area contributed by atoms with Crippen molar-refractivity contribution in [1.82, 2.24) is 25.1 Å². The van der Waals surface area contributed by atoms with Gasteiger partial charge in [0, 0.05) is 56.7 Å². The molecule has 7 nitrogen and oxygen atoms in total. The minimum Gasteiger partial charge on any atom is -0.353 e. The number of anilines is 1. The molecule has 37 heavy (non-hydrogen) atoms. The van der Waals surface area contributed by atoms with Crippen molar-refractivity contribution in [2.75, 3.05) is 5.32 Å². The highest BCUT2D eigenvalue weighted by Gasteiger charge is 2.16. The van der Waals surface area contributed by atoms with Gasteiger partial charge in [0.1, 0.15) is 0 Å². The van der Waals surface area contributed by atoms with Crippen LogP contribution in [0, 0.1) is 11.0 Å². The summed E-state index contributed by atoms with van der Waals surface area (Å²) < 4.78 is 13.7. The Morgan fingerprint density at radius 3 is 2.73 bits per heavy atom. The van der Waals surface area contributed by atoms with Gasteiger partial charge in [0.05, 0.1) is 23.3 Å². The van der Waals surface area contributed by atoms with E-state index in [1.165, 1.54) is 6.07 Å². The zero-order chi connectivity index (χ0) is 25.5. The van der Waals surface area contributed by atoms with E-state index in [0.29, 0.717) is 17.8 Å². The Morgan fingerprint density at radius 2 is 1.92 bits per heavy atom. The van der Waals surface area contributed by atoms with Crippen LogP contribution in [0.2, 0.25) is 0 Å². The minimum atomic E-state index is -0.209. The highest BCUT2D eigenvalue weighted by atomic mass is 32.1. The maximum Gasteiger partial charge on any atom is 0.224 e. The Bertz CT molecular complexity index is 1770. The van der Waals surface area contributed by atoms with Crippen molar-refractivity contribution in [3.8, 4) is 33.0 Å². The summed E-state index contributed by atoms with van der Waals surface area (Å²) in [5.41, 5.74) is 6.50. The molecule has 6 aromatic rings. The first kappa shape index (κ1) is 23.1. The van der Waals surface area contributed by atoms with Crippen molar-refractivity contribution in [1.29, 1.82) is 0 Å². The standard InChI is InChI=1S/C28H23FN6OS/c1-15(2)8-26(36)32-18-9-16(12-30-14-18)17-10-21-27(34-35-28(21)31-13-17)23-11-20-19(4-3-5-22(20)33-23)24-6-7-25(29)37-24/h3-7,9-15,33H,8H2,1-2H3,(H,32,36)(H,31,34,35). The summed E-state index contributed by atoms with van der Waals surface area (Å²) in [7, 11) is 0. The van der Waals surface area contributed by atoms with Crippen molar-refractivity contribution in [3.63, 3.8) is 0 Å². The van der Waals surface area contributed by atoms with Crippen LogP contribution >= 0.6 is 11.3 Å². The number of benzene rings is 1. The fourth-order valence-electron chi connectivity index (χ4n) is 4.48. The molecule has 6 rings (SSSR count). The number of pyridine rings is 2. The Kier molecular flexibility index (Phi) is 5.77. The second kappa shape index (κ2) is 9.25. The molecule has 5 aromatic heterocycles. The molecule has 0 radical (unpaired) electrons. The number of hydrogen-bond donors (Lipinski definition) is 3. The van der Waals surface area contributed by atoms with Crippen molar-refractivity contribution >= 4 is 44.9 Å². The van der Waals surface area contributed by atoms with Gasteiger partial charge >= 0.3 is 0 Å². The maximum atomic E-state index is 13.7. The zero-order valence-corrected chi connectivity index (χ0v) is 21.0. The van der Waals surface area contributed by atoms with Crippen LogP contribution in [0.25, 0.3) is 54.9 Å². The first-order valence-electron chi connectivity index (χ1n) is 11.9. The topological polar surface area (TPSA) is 99.3 Å². The molecule has 0 fully saturated rings. The van der Waals surface area contributed by atoms with Crippen LogP contribution in [-0.2, 0) is 4.79 Å². The predicted octanol–water partition coefficient (Wildman–Crippen LogP) is 7.02. The molecule has 0 unspecified atom stereocenters. The average Bonchev–Trinajstić information content (AvgIpc) is 3.60. The molecular formula is C28H23FN6OS. The van der Waals surface area contributed by atoms with Crippen molar-refractivity contribution < 1.29 is 9.18 Å². The van der Waals surface area contributed by atoms with E-state index < -0.39 is 0 Å². The van der Waals surface area contributed by atoms with Gasteiger partial charge in [-0.25, -0.2) is 4.98 Å². The molecule has 1 amide bonds. The third-order valence-electron chi connectivity index (χ3n) is 6.13. The van der Waals surface area contributed by atoms with E-state index >= 15 is 0 Å². The Hall–Kier alpha value is -4.37.